The molecule has 1 aromatic carbocycles. The van der Waals surface area contributed by atoms with Crippen molar-refractivity contribution in [1.82, 2.24) is 15.2 Å². The molecule has 9 heteroatoms. The van der Waals surface area contributed by atoms with Crippen molar-refractivity contribution in [1.29, 1.82) is 0 Å². The molecule has 0 spiro atoms. The monoisotopic (exact) mass is 469 g/mol. The number of aromatic nitrogens is 3. The Hall–Kier alpha value is -2.00. The second kappa shape index (κ2) is 9.47. The van der Waals surface area contributed by atoms with E-state index < -0.39 is 11.6 Å². The Bertz CT molecular complexity index is 946. The van der Waals surface area contributed by atoms with E-state index in [0.717, 1.165) is 19.7 Å². The number of rotatable bonds is 5. The third-order valence-electron chi connectivity index (χ3n) is 3.22. The van der Waals surface area contributed by atoms with E-state index in [1.165, 1.54) is 11.3 Å². The summed E-state index contributed by atoms with van der Waals surface area (Å²) >= 11 is 4.99. The van der Waals surface area contributed by atoms with Gasteiger partial charge in [-0.2, -0.15) is 0 Å². The van der Waals surface area contributed by atoms with E-state index in [-0.39, 0.29) is 12.3 Å². The van der Waals surface area contributed by atoms with Crippen LogP contribution in [0.1, 0.15) is 51.4 Å². The van der Waals surface area contributed by atoms with Crippen LogP contribution in [0.2, 0.25) is 0 Å². The number of esters is 1. The fourth-order valence-corrected chi connectivity index (χ4v) is 3.91. The first-order valence-corrected chi connectivity index (χ1v) is 10.5. The Morgan fingerprint density at radius 3 is 2.54 bits per heavy atom. The van der Waals surface area contributed by atoms with Crippen molar-refractivity contribution in [2.75, 3.05) is 7.11 Å². The number of nitrogens with zero attached hydrogens (tertiary/aromatic N) is 3. The normalized spacial score (nSPS) is 11.1. The third-order valence-corrected chi connectivity index (χ3v) is 4.68. The van der Waals surface area contributed by atoms with E-state index in [9.17, 15) is 4.79 Å². The van der Waals surface area contributed by atoms with Crippen molar-refractivity contribution < 1.29 is 18.7 Å². The van der Waals surface area contributed by atoms with Crippen molar-refractivity contribution in [3.8, 4) is 5.75 Å². The summed E-state index contributed by atoms with van der Waals surface area (Å²) < 4.78 is 18.1. The minimum absolute atomic E-state index is 0.0507. The van der Waals surface area contributed by atoms with Crippen molar-refractivity contribution in [2.45, 2.75) is 53.1 Å². The fourth-order valence-electron chi connectivity index (χ4n) is 2.31. The predicted molar refractivity (Wildman–Crippen MR) is 112 cm³/mol. The molecule has 0 aliphatic heterocycles. The van der Waals surface area contributed by atoms with Crippen LogP contribution in [0.5, 0.6) is 5.75 Å². The molecular weight excluding hydrogens is 446 g/mol. The molecular formula is C19H24BrN3O4S. The Kier molecular flexibility index (Phi) is 7.54. The van der Waals surface area contributed by atoms with Gasteiger partial charge in [-0.05, 0) is 32.9 Å². The second-order valence-electron chi connectivity index (χ2n) is 6.59. The van der Waals surface area contributed by atoms with Gasteiger partial charge in [-0.15, -0.1) is 21.5 Å². The van der Waals surface area contributed by atoms with Crippen LogP contribution in [0, 0.1) is 0 Å². The first kappa shape index (κ1) is 22.3. The molecule has 2 aromatic heterocycles. The summed E-state index contributed by atoms with van der Waals surface area (Å²) in [5.41, 5.74) is 0.248. The van der Waals surface area contributed by atoms with Gasteiger partial charge in [-0.25, -0.2) is 4.98 Å². The Morgan fingerprint density at radius 1 is 1.21 bits per heavy atom. The lowest BCUT2D eigenvalue weighted by atomic mass is 10.2. The number of benzene rings is 1. The molecule has 0 amide bonds. The average Bonchev–Trinajstić information content (AvgIpc) is 3.20. The van der Waals surface area contributed by atoms with Crippen LogP contribution in [0.25, 0.3) is 10.2 Å². The topological polar surface area (TPSA) is 87.3 Å². The molecule has 0 fully saturated rings. The molecule has 0 radical (unpaired) electrons. The van der Waals surface area contributed by atoms with Crippen molar-refractivity contribution >= 4 is 43.5 Å². The minimum atomic E-state index is -0.547. The summed E-state index contributed by atoms with van der Waals surface area (Å²) in [6.07, 6.45) is 0.340. The van der Waals surface area contributed by atoms with Gasteiger partial charge in [0.1, 0.15) is 28.3 Å². The Balaban J connectivity index is 0.00000136. The zero-order valence-corrected chi connectivity index (χ0v) is 19.2. The predicted octanol–water partition coefficient (Wildman–Crippen LogP) is 4.95. The fraction of sp³-hybridized carbons (Fsp3) is 0.474. The van der Waals surface area contributed by atoms with Gasteiger partial charge in [-0.1, -0.05) is 29.8 Å². The summed E-state index contributed by atoms with van der Waals surface area (Å²) in [7, 11) is 1.61. The lowest BCUT2D eigenvalue weighted by molar-refractivity contribution is -0.154. The number of fused-ring (bicyclic) bond motifs is 1. The number of carbonyl (C=O) groups excluding carboxylic acids is 1. The van der Waals surface area contributed by atoms with E-state index in [0.29, 0.717) is 18.1 Å². The molecule has 0 bridgehead atoms. The number of halogens is 1. The molecule has 3 aromatic rings. The van der Waals surface area contributed by atoms with E-state index in [2.05, 4.69) is 31.1 Å². The summed E-state index contributed by atoms with van der Waals surface area (Å²) in [4.78, 5) is 16.4. The molecule has 3 rings (SSSR count). The number of ether oxygens (including phenoxy) is 2. The number of methoxy groups -OCH3 is 1. The summed E-state index contributed by atoms with van der Waals surface area (Å²) in [5, 5.41) is 8.73. The van der Waals surface area contributed by atoms with Gasteiger partial charge in [0.05, 0.1) is 18.2 Å². The molecule has 0 aliphatic carbocycles. The third kappa shape index (κ3) is 6.00. The molecule has 28 heavy (non-hydrogen) atoms. The highest BCUT2D eigenvalue weighted by atomic mass is 79.9. The lowest BCUT2D eigenvalue weighted by Crippen LogP contribution is -2.24. The van der Waals surface area contributed by atoms with Crippen molar-refractivity contribution in [2.24, 2.45) is 0 Å². The molecule has 0 saturated heterocycles. The van der Waals surface area contributed by atoms with E-state index in [1.54, 1.807) is 7.11 Å². The van der Waals surface area contributed by atoms with Gasteiger partial charge in [-0.3, -0.25) is 4.79 Å². The van der Waals surface area contributed by atoms with Gasteiger partial charge in [0, 0.05) is 4.47 Å². The maximum atomic E-state index is 11.8. The van der Waals surface area contributed by atoms with E-state index in [1.807, 2.05) is 46.8 Å². The number of carbonyl (C=O) groups is 1. The molecule has 152 valence electrons. The lowest BCUT2D eigenvalue weighted by Gasteiger charge is -2.18. The van der Waals surface area contributed by atoms with Crippen LogP contribution >= 0.6 is 27.3 Å². The molecule has 0 aliphatic rings. The number of hydrogen-bond acceptors (Lipinski definition) is 8. The summed E-state index contributed by atoms with van der Waals surface area (Å²) in [6, 6.07) is 3.86. The summed E-state index contributed by atoms with van der Waals surface area (Å²) in [6.45, 7) is 9.43. The molecule has 0 N–H and O–H groups in total. The smallest absolute Gasteiger partial charge is 0.315 e. The van der Waals surface area contributed by atoms with Crippen LogP contribution in [-0.2, 0) is 22.4 Å². The molecule has 0 saturated carbocycles. The SMILES string of the molecule is CC.COc1cc(Br)cc2sc(Cc3nnc(CC(=O)OC(C)(C)C)o3)nc12. The number of hydrogen-bond donors (Lipinski definition) is 0. The maximum absolute atomic E-state index is 11.8. The first-order valence-electron chi connectivity index (χ1n) is 8.89. The Labute approximate surface area is 176 Å². The standard InChI is InChI=1S/C17H18BrN3O4S.C2H6/c1-17(2,3)25-15(22)8-13-21-20-12(24-13)7-14-19-16-10(23-4)5-9(18)6-11(16)26-14;1-2/h5-6H,7-8H2,1-4H3;1-2H3. The number of thiazole rings is 1. The van der Waals surface area contributed by atoms with Crippen LogP contribution < -0.4 is 4.74 Å². The highest BCUT2D eigenvalue weighted by Crippen LogP contribution is 2.34. The highest BCUT2D eigenvalue weighted by molar-refractivity contribution is 9.10. The van der Waals surface area contributed by atoms with Crippen LogP contribution in [0.3, 0.4) is 0 Å². The van der Waals surface area contributed by atoms with Crippen LogP contribution in [-0.4, -0.2) is 33.9 Å². The van der Waals surface area contributed by atoms with Gasteiger partial charge in [0.15, 0.2) is 0 Å². The maximum Gasteiger partial charge on any atom is 0.315 e. The van der Waals surface area contributed by atoms with Crippen molar-refractivity contribution in [3.05, 3.63) is 33.4 Å². The first-order chi connectivity index (χ1) is 13.2. The van der Waals surface area contributed by atoms with Gasteiger partial charge in [0.25, 0.3) is 0 Å². The van der Waals surface area contributed by atoms with E-state index >= 15 is 0 Å². The molecule has 7 nitrogen and oxygen atoms in total. The van der Waals surface area contributed by atoms with E-state index in [4.69, 9.17) is 13.9 Å². The quantitative estimate of drug-likeness (QED) is 0.488. The van der Waals surface area contributed by atoms with Crippen LogP contribution in [0.15, 0.2) is 21.0 Å². The zero-order chi connectivity index (χ0) is 20.9. The minimum Gasteiger partial charge on any atom is -0.494 e. The van der Waals surface area contributed by atoms with Gasteiger partial charge < -0.3 is 13.9 Å². The second-order valence-corrected chi connectivity index (χ2v) is 8.62. The van der Waals surface area contributed by atoms with Crippen LogP contribution in [0.4, 0.5) is 0 Å². The highest BCUT2D eigenvalue weighted by Gasteiger charge is 2.20. The Morgan fingerprint density at radius 2 is 1.89 bits per heavy atom. The molecule has 2 heterocycles. The molecule has 0 atom stereocenters. The zero-order valence-electron chi connectivity index (χ0n) is 16.8. The average molecular weight is 470 g/mol. The van der Waals surface area contributed by atoms with Gasteiger partial charge >= 0.3 is 5.97 Å². The largest absolute Gasteiger partial charge is 0.494 e. The van der Waals surface area contributed by atoms with Crippen molar-refractivity contribution in [3.63, 3.8) is 0 Å². The van der Waals surface area contributed by atoms with Gasteiger partial charge in [0.2, 0.25) is 11.8 Å². The molecule has 0 unspecified atom stereocenters. The summed E-state index contributed by atoms with van der Waals surface area (Å²) in [5.74, 6) is 0.937.